The van der Waals surface area contributed by atoms with E-state index in [1.54, 1.807) is 6.07 Å². The van der Waals surface area contributed by atoms with Gasteiger partial charge in [0, 0.05) is 12.1 Å². The number of hydrogen-bond acceptors (Lipinski definition) is 3. The molecule has 0 aliphatic carbocycles. The van der Waals surface area contributed by atoms with Crippen molar-refractivity contribution in [3.05, 3.63) is 65.5 Å². The molecule has 0 radical (unpaired) electrons. The van der Waals surface area contributed by atoms with Crippen LogP contribution < -0.4 is 10.6 Å². The van der Waals surface area contributed by atoms with Gasteiger partial charge in [0.15, 0.2) is 0 Å². The largest absolute Gasteiger partial charge is 0.355 e. The molecule has 3 rings (SSSR count). The lowest BCUT2D eigenvalue weighted by Gasteiger charge is -2.11. The molecule has 0 bridgehead atoms. The number of aromatic nitrogens is 2. The van der Waals surface area contributed by atoms with Crippen LogP contribution in [0, 0.1) is 6.92 Å². The fourth-order valence-electron chi connectivity index (χ4n) is 3.12. The van der Waals surface area contributed by atoms with Gasteiger partial charge < -0.3 is 15.2 Å². The molecule has 0 fully saturated rings. The van der Waals surface area contributed by atoms with Gasteiger partial charge in [-0.15, -0.1) is 0 Å². The zero-order valence-corrected chi connectivity index (χ0v) is 16.4. The lowest BCUT2D eigenvalue weighted by atomic mass is 10.1. The number of nitrogens with one attached hydrogen (secondary N) is 2. The molecule has 0 saturated heterocycles. The number of carbonyl (C=O) groups is 2. The molecule has 3 aromatic rings. The molecule has 0 aliphatic heterocycles. The minimum atomic E-state index is -0.149. The van der Waals surface area contributed by atoms with Crippen LogP contribution in [0.3, 0.4) is 0 Å². The third kappa shape index (κ3) is 4.57. The SMILES string of the molecule is CCCCNC(=O)Cn1c(CNC(=O)c2ccccc2C)nc2ccccc21. The van der Waals surface area contributed by atoms with Crippen LogP contribution in [0.5, 0.6) is 0 Å². The average molecular weight is 378 g/mol. The summed E-state index contributed by atoms with van der Waals surface area (Å²) in [5.41, 5.74) is 3.25. The van der Waals surface area contributed by atoms with Gasteiger partial charge in [0.1, 0.15) is 12.4 Å². The molecule has 0 aliphatic rings. The van der Waals surface area contributed by atoms with Crippen molar-refractivity contribution in [3.63, 3.8) is 0 Å². The summed E-state index contributed by atoms with van der Waals surface area (Å²) in [5, 5.41) is 5.87. The Balaban J connectivity index is 1.77. The number of fused-ring (bicyclic) bond motifs is 1. The first-order valence-corrected chi connectivity index (χ1v) is 9.64. The fourth-order valence-corrected chi connectivity index (χ4v) is 3.12. The normalized spacial score (nSPS) is 10.8. The lowest BCUT2D eigenvalue weighted by Crippen LogP contribution is -2.30. The average Bonchev–Trinajstić information content (AvgIpc) is 3.04. The van der Waals surface area contributed by atoms with Crippen LogP contribution in [0.2, 0.25) is 0 Å². The number of carbonyl (C=O) groups excluding carboxylic acids is 2. The summed E-state index contributed by atoms with van der Waals surface area (Å²) in [7, 11) is 0. The predicted octanol–water partition coefficient (Wildman–Crippen LogP) is 3.19. The van der Waals surface area contributed by atoms with Gasteiger partial charge in [-0.3, -0.25) is 9.59 Å². The van der Waals surface area contributed by atoms with Crippen molar-refractivity contribution < 1.29 is 9.59 Å². The Kier molecular flexibility index (Phi) is 6.42. The molecule has 28 heavy (non-hydrogen) atoms. The van der Waals surface area contributed by atoms with Crippen molar-refractivity contribution in [3.8, 4) is 0 Å². The Morgan fingerprint density at radius 1 is 1.04 bits per heavy atom. The van der Waals surface area contributed by atoms with Crippen LogP contribution in [-0.2, 0) is 17.9 Å². The Bertz CT molecular complexity index is 978. The van der Waals surface area contributed by atoms with E-state index in [1.165, 1.54) is 0 Å². The van der Waals surface area contributed by atoms with Crippen molar-refractivity contribution >= 4 is 22.8 Å². The second-order valence-corrected chi connectivity index (χ2v) is 6.80. The zero-order chi connectivity index (χ0) is 19.9. The number of benzene rings is 2. The summed E-state index contributed by atoms with van der Waals surface area (Å²) >= 11 is 0. The van der Waals surface area contributed by atoms with Gasteiger partial charge >= 0.3 is 0 Å². The minimum Gasteiger partial charge on any atom is -0.355 e. The van der Waals surface area contributed by atoms with E-state index in [9.17, 15) is 9.59 Å². The van der Waals surface area contributed by atoms with E-state index in [-0.39, 0.29) is 24.9 Å². The summed E-state index contributed by atoms with van der Waals surface area (Å²) in [6.45, 7) is 5.10. The van der Waals surface area contributed by atoms with Crippen LogP contribution in [0.1, 0.15) is 41.5 Å². The van der Waals surface area contributed by atoms with E-state index in [4.69, 9.17) is 0 Å². The smallest absolute Gasteiger partial charge is 0.251 e. The van der Waals surface area contributed by atoms with Crippen LogP contribution in [0.15, 0.2) is 48.5 Å². The number of amides is 2. The van der Waals surface area contributed by atoms with E-state index in [1.807, 2.05) is 54.0 Å². The number of hydrogen-bond donors (Lipinski definition) is 2. The molecule has 2 N–H and O–H groups in total. The van der Waals surface area contributed by atoms with E-state index in [0.29, 0.717) is 17.9 Å². The summed E-state index contributed by atoms with van der Waals surface area (Å²) < 4.78 is 1.87. The van der Waals surface area contributed by atoms with Crippen LogP contribution in [0.4, 0.5) is 0 Å². The monoisotopic (exact) mass is 378 g/mol. The zero-order valence-electron chi connectivity index (χ0n) is 16.4. The van der Waals surface area contributed by atoms with Crippen LogP contribution in [-0.4, -0.2) is 27.9 Å². The molecule has 2 amide bonds. The quantitative estimate of drug-likeness (QED) is 0.591. The highest BCUT2D eigenvalue weighted by Crippen LogP contribution is 2.16. The molecule has 6 heteroatoms. The van der Waals surface area contributed by atoms with Crippen LogP contribution in [0.25, 0.3) is 11.0 Å². The molecular formula is C22H26N4O2. The van der Waals surface area contributed by atoms with Gasteiger partial charge in [0.05, 0.1) is 17.6 Å². The Morgan fingerprint density at radius 3 is 2.57 bits per heavy atom. The van der Waals surface area contributed by atoms with Gasteiger partial charge in [-0.05, 0) is 37.1 Å². The summed E-state index contributed by atoms with van der Waals surface area (Å²) in [5.74, 6) is 0.459. The summed E-state index contributed by atoms with van der Waals surface area (Å²) in [4.78, 5) is 29.5. The topological polar surface area (TPSA) is 76.0 Å². The molecule has 2 aromatic carbocycles. The highest BCUT2D eigenvalue weighted by Gasteiger charge is 2.15. The summed E-state index contributed by atoms with van der Waals surface area (Å²) in [6.07, 6.45) is 1.99. The molecule has 1 aromatic heterocycles. The summed E-state index contributed by atoms with van der Waals surface area (Å²) in [6, 6.07) is 15.1. The van der Waals surface area contributed by atoms with Gasteiger partial charge in [-0.25, -0.2) is 4.98 Å². The number of rotatable bonds is 8. The van der Waals surface area contributed by atoms with Crippen molar-refractivity contribution in [1.82, 2.24) is 20.2 Å². The maximum Gasteiger partial charge on any atom is 0.251 e. The third-order valence-electron chi connectivity index (χ3n) is 4.68. The maximum atomic E-state index is 12.5. The number of para-hydroxylation sites is 2. The Hall–Kier alpha value is -3.15. The number of aryl methyl sites for hydroxylation is 1. The standard InChI is InChI=1S/C22H26N4O2/c1-3-4-13-23-21(27)15-26-19-12-8-7-11-18(19)25-20(26)14-24-22(28)17-10-6-5-9-16(17)2/h5-12H,3-4,13-15H2,1-2H3,(H,23,27)(H,24,28). The molecule has 0 atom stereocenters. The Morgan fingerprint density at radius 2 is 1.79 bits per heavy atom. The first-order valence-electron chi connectivity index (χ1n) is 9.64. The molecule has 0 spiro atoms. The predicted molar refractivity (Wildman–Crippen MR) is 110 cm³/mol. The van der Waals surface area contributed by atoms with Crippen molar-refractivity contribution in [2.75, 3.05) is 6.54 Å². The van der Waals surface area contributed by atoms with Gasteiger partial charge in [0.2, 0.25) is 5.91 Å². The molecule has 0 unspecified atom stereocenters. The fraction of sp³-hybridized carbons (Fsp3) is 0.318. The number of unbranched alkanes of at least 4 members (excludes halogenated alkanes) is 1. The molecule has 146 valence electrons. The number of nitrogens with zero attached hydrogens (tertiary/aromatic N) is 2. The minimum absolute atomic E-state index is 0.0527. The number of imidazole rings is 1. The van der Waals surface area contributed by atoms with E-state index in [2.05, 4.69) is 22.5 Å². The highest BCUT2D eigenvalue weighted by atomic mass is 16.2. The maximum absolute atomic E-state index is 12.5. The lowest BCUT2D eigenvalue weighted by molar-refractivity contribution is -0.121. The second-order valence-electron chi connectivity index (χ2n) is 6.80. The van der Waals surface area contributed by atoms with E-state index in [0.717, 1.165) is 29.4 Å². The molecule has 6 nitrogen and oxygen atoms in total. The van der Waals surface area contributed by atoms with Gasteiger partial charge in [-0.2, -0.15) is 0 Å². The van der Waals surface area contributed by atoms with Crippen molar-refractivity contribution in [1.29, 1.82) is 0 Å². The van der Waals surface area contributed by atoms with E-state index < -0.39 is 0 Å². The van der Waals surface area contributed by atoms with Gasteiger partial charge in [-0.1, -0.05) is 43.7 Å². The van der Waals surface area contributed by atoms with Crippen molar-refractivity contribution in [2.24, 2.45) is 0 Å². The van der Waals surface area contributed by atoms with Crippen molar-refractivity contribution in [2.45, 2.75) is 39.8 Å². The molecule has 0 saturated carbocycles. The molecule has 1 heterocycles. The first-order chi connectivity index (χ1) is 13.6. The highest BCUT2D eigenvalue weighted by molar-refractivity contribution is 5.95. The second kappa shape index (κ2) is 9.17. The van der Waals surface area contributed by atoms with E-state index >= 15 is 0 Å². The van der Waals surface area contributed by atoms with Gasteiger partial charge in [0.25, 0.3) is 5.91 Å². The van der Waals surface area contributed by atoms with Crippen LogP contribution >= 0.6 is 0 Å². The molecular weight excluding hydrogens is 352 g/mol. The first kappa shape index (κ1) is 19.6. The third-order valence-corrected chi connectivity index (χ3v) is 4.68. The Labute approximate surface area is 165 Å².